The van der Waals surface area contributed by atoms with E-state index >= 15 is 0 Å². The van der Waals surface area contributed by atoms with Crippen molar-refractivity contribution < 1.29 is 4.79 Å². The molecule has 116 valence electrons. The lowest BCUT2D eigenvalue weighted by molar-refractivity contribution is 0.0996. The van der Waals surface area contributed by atoms with Gasteiger partial charge in [0.2, 0.25) is 0 Å². The molecule has 1 aliphatic carbocycles. The molecular formula is C15H14N6OS. The van der Waals surface area contributed by atoms with Gasteiger partial charge in [0.1, 0.15) is 12.0 Å². The number of hydrogen-bond donors (Lipinski definition) is 2. The van der Waals surface area contributed by atoms with Gasteiger partial charge in [-0.05, 0) is 25.3 Å². The predicted octanol–water partition coefficient (Wildman–Crippen LogP) is 2.27. The molecular weight excluding hydrogens is 312 g/mol. The lowest BCUT2D eigenvalue weighted by Crippen LogP contribution is -2.17. The molecule has 1 amide bonds. The number of primary amides is 1. The van der Waals surface area contributed by atoms with Crippen LogP contribution in [0.5, 0.6) is 0 Å². The van der Waals surface area contributed by atoms with E-state index in [1.165, 1.54) is 17.7 Å². The fraction of sp³-hybridized carbons (Fsp3) is 0.267. The van der Waals surface area contributed by atoms with Gasteiger partial charge in [0.15, 0.2) is 5.82 Å². The average Bonchev–Trinajstić information content (AvgIpc) is 3.03. The molecule has 3 aromatic rings. The molecule has 1 saturated carbocycles. The fourth-order valence-corrected chi connectivity index (χ4v) is 3.38. The summed E-state index contributed by atoms with van der Waals surface area (Å²) in [6.07, 6.45) is 3.61. The van der Waals surface area contributed by atoms with Crippen molar-refractivity contribution in [1.29, 1.82) is 0 Å². The number of pyridine rings is 1. The first-order valence-electron chi connectivity index (χ1n) is 7.25. The number of nitrogens with two attached hydrogens (primary N) is 1. The molecule has 0 saturated heterocycles. The summed E-state index contributed by atoms with van der Waals surface area (Å²) in [4.78, 5) is 25.2. The maximum atomic E-state index is 12.0. The number of thiazole rings is 1. The van der Waals surface area contributed by atoms with Crippen molar-refractivity contribution in [1.82, 2.24) is 25.1 Å². The van der Waals surface area contributed by atoms with Gasteiger partial charge in [0, 0.05) is 28.1 Å². The number of carbonyl (C=O) groups is 1. The quantitative estimate of drug-likeness (QED) is 0.764. The van der Waals surface area contributed by atoms with Crippen molar-refractivity contribution >= 4 is 17.2 Å². The van der Waals surface area contributed by atoms with Gasteiger partial charge in [-0.2, -0.15) is 5.10 Å². The minimum absolute atomic E-state index is 0.245. The number of nitrogens with one attached hydrogen (secondary N) is 1. The molecule has 0 bridgehead atoms. The molecule has 3 heterocycles. The lowest BCUT2D eigenvalue weighted by atomic mass is 9.94. The second-order valence-corrected chi connectivity index (χ2v) is 6.29. The second kappa shape index (κ2) is 5.24. The van der Waals surface area contributed by atoms with Gasteiger partial charge in [-0.15, -0.1) is 11.3 Å². The summed E-state index contributed by atoms with van der Waals surface area (Å²) in [5.74, 6) is 0.423. The molecule has 0 atom stereocenters. The lowest BCUT2D eigenvalue weighted by Gasteiger charge is -2.16. The van der Waals surface area contributed by atoms with Gasteiger partial charge in [0.25, 0.3) is 5.91 Å². The third-order valence-electron chi connectivity index (χ3n) is 4.02. The molecule has 0 unspecified atom stereocenters. The van der Waals surface area contributed by atoms with E-state index in [4.69, 9.17) is 5.73 Å². The number of aromatic nitrogens is 5. The van der Waals surface area contributed by atoms with Gasteiger partial charge < -0.3 is 5.73 Å². The zero-order valence-electron chi connectivity index (χ0n) is 12.4. The largest absolute Gasteiger partial charge is 0.364 e. The molecule has 0 radical (unpaired) electrons. The van der Waals surface area contributed by atoms with Gasteiger partial charge >= 0.3 is 0 Å². The Balaban J connectivity index is 2.09. The zero-order valence-corrected chi connectivity index (χ0v) is 13.2. The van der Waals surface area contributed by atoms with Gasteiger partial charge in [-0.3, -0.25) is 9.89 Å². The number of nitrogens with zero attached hydrogens (tertiary/aromatic N) is 4. The molecule has 1 aliphatic rings. The fourth-order valence-electron chi connectivity index (χ4n) is 2.83. The van der Waals surface area contributed by atoms with Crippen LogP contribution in [-0.2, 0) is 0 Å². The number of amides is 1. The maximum Gasteiger partial charge on any atom is 0.268 e. The van der Waals surface area contributed by atoms with E-state index in [2.05, 4.69) is 25.1 Å². The summed E-state index contributed by atoms with van der Waals surface area (Å²) in [5.41, 5.74) is 11.6. The van der Waals surface area contributed by atoms with Crippen molar-refractivity contribution in [3.63, 3.8) is 0 Å². The summed E-state index contributed by atoms with van der Waals surface area (Å²) in [5, 5.41) is 8.69. The highest BCUT2D eigenvalue weighted by Crippen LogP contribution is 2.45. The summed E-state index contributed by atoms with van der Waals surface area (Å²) in [6.45, 7) is 2.00. The number of carbonyl (C=O) groups excluding carboxylic acids is 1. The van der Waals surface area contributed by atoms with Gasteiger partial charge in [0.05, 0.1) is 11.2 Å². The first-order valence-corrected chi connectivity index (χ1v) is 8.19. The van der Waals surface area contributed by atoms with Crippen molar-refractivity contribution in [2.24, 2.45) is 5.73 Å². The van der Waals surface area contributed by atoms with Crippen molar-refractivity contribution in [2.45, 2.75) is 25.7 Å². The summed E-state index contributed by atoms with van der Waals surface area (Å²) >= 11 is 1.45. The standard InChI is InChI=1S/C15H14N6OS/c1-7-10(15-17-5-19-21-15)11(9-4-23-6-18-9)13(14(16)22)20-12(7)8-2-3-8/h4-6,8H,2-3H2,1H3,(H2,16,22)(H,17,19,21). The summed E-state index contributed by atoms with van der Waals surface area (Å²) in [6, 6.07) is 0. The Labute approximate surface area is 136 Å². The molecule has 0 aromatic carbocycles. The molecule has 4 rings (SSSR count). The summed E-state index contributed by atoms with van der Waals surface area (Å²) < 4.78 is 0. The normalized spacial score (nSPS) is 14.1. The topological polar surface area (TPSA) is 110 Å². The molecule has 3 aromatic heterocycles. The third-order valence-corrected chi connectivity index (χ3v) is 4.60. The first-order chi connectivity index (χ1) is 11.2. The Morgan fingerprint density at radius 3 is 2.74 bits per heavy atom. The van der Waals surface area contributed by atoms with Crippen LogP contribution in [-0.4, -0.2) is 31.1 Å². The Kier molecular flexibility index (Phi) is 3.19. The number of rotatable bonds is 4. The molecule has 7 nitrogen and oxygen atoms in total. The van der Waals surface area contributed by atoms with Crippen molar-refractivity contribution in [3.05, 3.63) is 34.2 Å². The smallest absolute Gasteiger partial charge is 0.268 e. The SMILES string of the molecule is Cc1c(C2CC2)nc(C(N)=O)c(-c2cscn2)c1-c1ncn[nH]1. The Hall–Kier alpha value is -2.61. The Morgan fingerprint density at radius 1 is 1.35 bits per heavy atom. The highest BCUT2D eigenvalue weighted by atomic mass is 32.1. The number of hydrogen-bond acceptors (Lipinski definition) is 6. The number of H-pyrrole nitrogens is 1. The minimum Gasteiger partial charge on any atom is -0.364 e. The van der Waals surface area contributed by atoms with Crippen LogP contribution in [0.3, 0.4) is 0 Å². The monoisotopic (exact) mass is 326 g/mol. The zero-order chi connectivity index (χ0) is 16.0. The van der Waals surface area contributed by atoms with E-state index in [0.29, 0.717) is 23.0 Å². The third kappa shape index (κ3) is 2.31. The van der Waals surface area contributed by atoms with Crippen LogP contribution in [0.1, 0.15) is 40.5 Å². The van der Waals surface area contributed by atoms with Crippen LogP contribution in [0.15, 0.2) is 17.2 Å². The van der Waals surface area contributed by atoms with E-state index < -0.39 is 5.91 Å². The Bertz CT molecular complexity index is 868. The van der Waals surface area contributed by atoms with Crippen molar-refractivity contribution in [3.8, 4) is 22.6 Å². The first kappa shape index (κ1) is 14.0. The average molecular weight is 326 g/mol. The van der Waals surface area contributed by atoms with Crippen LogP contribution in [0, 0.1) is 6.92 Å². The molecule has 0 aliphatic heterocycles. The maximum absolute atomic E-state index is 12.0. The van der Waals surface area contributed by atoms with Crippen LogP contribution in [0.4, 0.5) is 0 Å². The van der Waals surface area contributed by atoms with E-state index in [9.17, 15) is 4.79 Å². The van der Waals surface area contributed by atoms with E-state index in [1.807, 2.05) is 12.3 Å². The highest BCUT2D eigenvalue weighted by Gasteiger charge is 2.32. The van der Waals surface area contributed by atoms with Crippen molar-refractivity contribution in [2.75, 3.05) is 0 Å². The van der Waals surface area contributed by atoms with E-state index in [-0.39, 0.29) is 5.69 Å². The minimum atomic E-state index is -0.560. The molecule has 0 spiro atoms. The van der Waals surface area contributed by atoms with E-state index in [1.54, 1.807) is 5.51 Å². The van der Waals surface area contributed by atoms with Gasteiger partial charge in [-0.25, -0.2) is 15.0 Å². The second-order valence-electron chi connectivity index (χ2n) is 5.57. The highest BCUT2D eigenvalue weighted by molar-refractivity contribution is 7.07. The summed E-state index contributed by atoms with van der Waals surface area (Å²) in [7, 11) is 0. The number of aromatic amines is 1. The van der Waals surface area contributed by atoms with Crippen LogP contribution in [0.25, 0.3) is 22.6 Å². The molecule has 8 heteroatoms. The predicted molar refractivity (Wildman–Crippen MR) is 86.0 cm³/mol. The Morgan fingerprint density at radius 2 is 2.17 bits per heavy atom. The molecule has 23 heavy (non-hydrogen) atoms. The van der Waals surface area contributed by atoms with Crippen LogP contribution < -0.4 is 5.73 Å². The van der Waals surface area contributed by atoms with Crippen LogP contribution >= 0.6 is 11.3 Å². The van der Waals surface area contributed by atoms with Gasteiger partial charge in [-0.1, -0.05) is 0 Å². The molecule has 1 fully saturated rings. The van der Waals surface area contributed by atoms with E-state index in [0.717, 1.165) is 29.7 Å². The van der Waals surface area contributed by atoms with Crippen LogP contribution in [0.2, 0.25) is 0 Å². The molecule has 3 N–H and O–H groups in total.